The minimum Gasteiger partial charge on any atom is -0.443 e. The van der Waals surface area contributed by atoms with Crippen LogP contribution in [0.15, 0.2) is 18.3 Å². The lowest BCUT2D eigenvalue weighted by Crippen LogP contribution is -2.38. The summed E-state index contributed by atoms with van der Waals surface area (Å²) >= 11 is 0. The molecule has 0 radical (unpaired) electrons. The monoisotopic (exact) mass is 347 g/mol. The molecule has 0 bridgehead atoms. The predicted octanol–water partition coefficient (Wildman–Crippen LogP) is 4.78. The molecule has 5 nitrogen and oxygen atoms in total. The maximum absolute atomic E-state index is 12.5. The van der Waals surface area contributed by atoms with E-state index in [1.807, 2.05) is 26.8 Å². The maximum Gasteiger partial charge on any atom is 0.415 e. The molecule has 2 heterocycles. The largest absolute Gasteiger partial charge is 0.443 e. The molecular formula is C20H33N3O2. The van der Waals surface area contributed by atoms with Crippen LogP contribution in [-0.4, -0.2) is 41.7 Å². The minimum atomic E-state index is -0.516. The minimum absolute atomic E-state index is 0.328. The second-order valence-electron chi connectivity index (χ2n) is 7.86. The number of carbonyl (C=O) groups excluding carboxylic acids is 1. The van der Waals surface area contributed by atoms with Gasteiger partial charge in [-0.25, -0.2) is 9.78 Å². The summed E-state index contributed by atoms with van der Waals surface area (Å²) in [5.74, 6) is 0.713. The Morgan fingerprint density at radius 2 is 2.16 bits per heavy atom. The molecule has 1 aliphatic rings. The number of aromatic nitrogens is 1. The third-order valence-electron chi connectivity index (χ3n) is 4.57. The summed E-state index contributed by atoms with van der Waals surface area (Å²) < 4.78 is 5.52. The number of hydrogen-bond donors (Lipinski definition) is 0. The Balaban J connectivity index is 2.25. The van der Waals surface area contributed by atoms with E-state index >= 15 is 0 Å². The SMILES string of the molecule is CCCCN1CCCC[C@H]1c1cccnc1N(C)C(=O)OC(C)(C)C. The molecule has 1 saturated heterocycles. The zero-order valence-electron chi connectivity index (χ0n) is 16.4. The molecule has 1 fully saturated rings. The number of rotatable bonds is 5. The molecule has 1 amide bonds. The number of ether oxygens (including phenoxy) is 1. The topological polar surface area (TPSA) is 45.7 Å². The molecule has 1 aromatic heterocycles. The Bertz CT molecular complexity index is 568. The predicted molar refractivity (Wildman–Crippen MR) is 102 cm³/mol. The van der Waals surface area contributed by atoms with E-state index in [1.54, 1.807) is 18.1 Å². The average molecular weight is 348 g/mol. The van der Waals surface area contributed by atoms with Gasteiger partial charge in [-0.2, -0.15) is 0 Å². The third-order valence-corrected chi connectivity index (χ3v) is 4.57. The first-order chi connectivity index (χ1) is 11.8. The van der Waals surface area contributed by atoms with E-state index in [0.29, 0.717) is 11.9 Å². The van der Waals surface area contributed by atoms with Crippen molar-refractivity contribution < 1.29 is 9.53 Å². The lowest BCUT2D eigenvalue weighted by molar-refractivity contribution is 0.0587. The van der Waals surface area contributed by atoms with E-state index in [4.69, 9.17) is 4.74 Å². The molecule has 0 aliphatic carbocycles. The fourth-order valence-electron chi connectivity index (χ4n) is 3.34. The lowest BCUT2D eigenvalue weighted by Gasteiger charge is -2.37. The number of nitrogens with zero attached hydrogens (tertiary/aromatic N) is 3. The molecule has 0 saturated carbocycles. The quantitative estimate of drug-likeness (QED) is 0.769. The smallest absolute Gasteiger partial charge is 0.415 e. The molecule has 1 aliphatic heterocycles. The Kier molecular flexibility index (Phi) is 6.82. The zero-order valence-corrected chi connectivity index (χ0v) is 16.4. The van der Waals surface area contributed by atoms with E-state index in [0.717, 1.165) is 25.1 Å². The molecule has 25 heavy (non-hydrogen) atoms. The maximum atomic E-state index is 12.5. The molecule has 0 unspecified atom stereocenters. The number of hydrogen-bond acceptors (Lipinski definition) is 4. The number of likely N-dealkylation sites (tertiary alicyclic amines) is 1. The molecule has 2 rings (SSSR count). The summed E-state index contributed by atoms with van der Waals surface area (Å²) in [6.07, 6.45) is 7.37. The summed E-state index contributed by atoms with van der Waals surface area (Å²) in [7, 11) is 1.75. The summed E-state index contributed by atoms with van der Waals surface area (Å²) in [4.78, 5) is 21.1. The van der Waals surface area contributed by atoms with E-state index in [1.165, 1.54) is 25.7 Å². The Morgan fingerprint density at radius 3 is 2.84 bits per heavy atom. The van der Waals surface area contributed by atoms with E-state index in [-0.39, 0.29) is 6.09 Å². The van der Waals surface area contributed by atoms with E-state index < -0.39 is 5.60 Å². The van der Waals surface area contributed by atoms with Crippen LogP contribution in [0.2, 0.25) is 0 Å². The first-order valence-electron chi connectivity index (χ1n) is 9.49. The Morgan fingerprint density at radius 1 is 1.40 bits per heavy atom. The highest BCUT2D eigenvalue weighted by Crippen LogP contribution is 2.35. The highest BCUT2D eigenvalue weighted by Gasteiger charge is 2.29. The van der Waals surface area contributed by atoms with Crippen molar-refractivity contribution in [1.82, 2.24) is 9.88 Å². The zero-order chi connectivity index (χ0) is 18.4. The van der Waals surface area contributed by atoms with Gasteiger partial charge in [0.05, 0.1) is 0 Å². The van der Waals surface area contributed by atoms with Gasteiger partial charge < -0.3 is 4.74 Å². The van der Waals surface area contributed by atoms with Gasteiger partial charge >= 0.3 is 6.09 Å². The summed E-state index contributed by atoms with van der Waals surface area (Å²) in [6.45, 7) is 10.1. The van der Waals surface area contributed by atoms with Crippen LogP contribution in [-0.2, 0) is 4.74 Å². The molecule has 1 atom stereocenters. The van der Waals surface area contributed by atoms with Gasteiger partial charge in [0, 0.05) is 24.8 Å². The average Bonchev–Trinajstić information content (AvgIpc) is 2.58. The van der Waals surface area contributed by atoms with E-state index in [2.05, 4.69) is 22.9 Å². The first kappa shape index (κ1) is 19.7. The van der Waals surface area contributed by atoms with Gasteiger partial charge in [0.2, 0.25) is 0 Å². The normalized spacial score (nSPS) is 18.8. The molecular weight excluding hydrogens is 314 g/mol. The fraction of sp³-hybridized carbons (Fsp3) is 0.700. The van der Waals surface area contributed by atoms with Crippen molar-refractivity contribution >= 4 is 11.9 Å². The van der Waals surface area contributed by atoms with Crippen molar-refractivity contribution in [2.75, 3.05) is 25.0 Å². The van der Waals surface area contributed by atoms with Crippen molar-refractivity contribution in [3.8, 4) is 0 Å². The van der Waals surface area contributed by atoms with Crippen LogP contribution in [0.25, 0.3) is 0 Å². The van der Waals surface area contributed by atoms with Crippen LogP contribution in [0.3, 0.4) is 0 Å². The highest BCUT2D eigenvalue weighted by molar-refractivity contribution is 5.87. The van der Waals surface area contributed by atoms with Gasteiger partial charge in [0.1, 0.15) is 11.4 Å². The van der Waals surface area contributed by atoms with Crippen LogP contribution in [0.4, 0.5) is 10.6 Å². The van der Waals surface area contributed by atoms with Crippen molar-refractivity contribution in [2.24, 2.45) is 0 Å². The van der Waals surface area contributed by atoms with Crippen LogP contribution < -0.4 is 4.90 Å². The standard InChI is InChI=1S/C20H33N3O2/c1-6-7-14-23-15-9-8-12-17(23)16-11-10-13-21-18(16)22(5)19(24)25-20(2,3)4/h10-11,13,17H,6-9,12,14-15H2,1-5H3/t17-/m0/s1. The molecule has 5 heteroatoms. The Hall–Kier alpha value is -1.62. The van der Waals surface area contributed by atoms with Gasteiger partial charge in [-0.3, -0.25) is 9.80 Å². The molecule has 1 aromatic rings. The molecule has 0 aromatic carbocycles. The van der Waals surface area contributed by atoms with Gasteiger partial charge in [-0.15, -0.1) is 0 Å². The number of anilines is 1. The third kappa shape index (κ3) is 5.43. The number of carbonyl (C=O) groups is 1. The van der Waals surface area contributed by atoms with Crippen LogP contribution in [0.1, 0.15) is 71.4 Å². The van der Waals surface area contributed by atoms with Gasteiger partial charge in [0.15, 0.2) is 0 Å². The van der Waals surface area contributed by atoms with Crippen molar-refractivity contribution in [2.45, 2.75) is 71.4 Å². The lowest BCUT2D eigenvalue weighted by atomic mass is 9.95. The van der Waals surface area contributed by atoms with E-state index in [9.17, 15) is 4.79 Å². The number of amides is 1. The van der Waals surface area contributed by atoms with Crippen molar-refractivity contribution in [3.05, 3.63) is 23.9 Å². The second kappa shape index (κ2) is 8.65. The fourth-order valence-corrected chi connectivity index (χ4v) is 3.34. The van der Waals surface area contributed by atoms with Gasteiger partial charge in [-0.1, -0.05) is 25.8 Å². The number of pyridine rings is 1. The molecule has 0 N–H and O–H groups in total. The second-order valence-corrected chi connectivity index (χ2v) is 7.86. The molecule has 140 valence electrons. The van der Waals surface area contributed by atoms with Crippen LogP contribution in [0.5, 0.6) is 0 Å². The van der Waals surface area contributed by atoms with Gasteiger partial charge in [0.25, 0.3) is 0 Å². The summed E-state index contributed by atoms with van der Waals surface area (Å²) in [6, 6.07) is 4.40. The first-order valence-corrected chi connectivity index (χ1v) is 9.49. The number of unbranched alkanes of at least 4 members (excludes halogenated alkanes) is 1. The highest BCUT2D eigenvalue weighted by atomic mass is 16.6. The summed E-state index contributed by atoms with van der Waals surface area (Å²) in [5, 5.41) is 0. The molecule has 0 spiro atoms. The van der Waals surface area contributed by atoms with Gasteiger partial charge in [-0.05, 0) is 59.2 Å². The van der Waals surface area contributed by atoms with Crippen molar-refractivity contribution in [1.29, 1.82) is 0 Å². The van der Waals surface area contributed by atoms with Crippen molar-refractivity contribution in [3.63, 3.8) is 0 Å². The van der Waals surface area contributed by atoms with Crippen LogP contribution in [0, 0.1) is 0 Å². The number of piperidine rings is 1. The Labute approximate surface area is 152 Å². The van der Waals surface area contributed by atoms with Crippen LogP contribution >= 0.6 is 0 Å². The summed E-state index contributed by atoms with van der Waals surface area (Å²) in [5.41, 5.74) is 0.616.